The van der Waals surface area contributed by atoms with E-state index in [0.29, 0.717) is 17.9 Å². The molecule has 0 saturated carbocycles. The molecule has 116 valence electrons. The van der Waals surface area contributed by atoms with Crippen LogP contribution in [0.5, 0.6) is 5.75 Å². The Morgan fingerprint density at radius 3 is 2.55 bits per heavy atom. The van der Waals surface area contributed by atoms with Crippen molar-refractivity contribution in [2.45, 2.75) is 11.8 Å². The van der Waals surface area contributed by atoms with Gasteiger partial charge in [0.25, 0.3) is 10.0 Å². The number of hydrogen-bond acceptors (Lipinski definition) is 4. The van der Waals surface area contributed by atoms with E-state index in [1.54, 1.807) is 18.2 Å². The topological polar surface area (TPSA) is 67.8 Å². The average Bonchev–Trinajstić information content (AvgIpc) is 2.49. The molecule has 0 aromatic heterocycles. The predicted molar refractivity (Wildman–Crippen MR) is 81.9 cm³/mol. The van der Waals surface area contributed by atoms with Crippen molar-refractivity contribution in [3.63, 3.8) is 0 Å². The van der Waals surface area contributed by atoms with E-state index in [0.717, 1.165) is 12.1 Å². The lowest BCUT2D eigenvalue weighted by atomic mass is 10.2. The third kappa shape index (κ3) is 4.05. The highest BCUT2D eigenvalue weighted by atomic mass is 32.2. The molecule has 7 heteroatoms. The maximum atomic E-state index is 12.8. The van der Waals surface area contributed by atoms with Gasteiger partial charge < -0.3 is 4.74 Å². The zero-order valence-corrected chi connectivity index (χ0v) is 12.7. The van der Waals surface area contributed by atoms with Crippen LogP contribution in [0.1, 0.15) is 12.5 Å². The van der Waals surface area contributed by atoms with Gasteiger partial charge in [0, 0.05) is 5.56 Å². The van der Waals surface area contributed by atoms with Crippen LogP contribution in [0, 0.1) is 5.82 Å². The zero-order chi connectivity index (χ0) is 16.0. The number of sulfonamides is 1. The standard InChI is InChI=1S/C15H15FN2O3S/c1-2-21-15-6-4-3-5-12(15)11-17-18-22(19,20)14-9-7-13(16)8-10-14/h3-11,18H,2H2,1H3/b17-11+. The van der Waals surface area contributed by atoms with Gasteiger partial charge in [0.15, 0.2) is 0 Å². The molecule has 22 heavy (non-hydrogen) atoms. The van der Waals surface area contributed by atoms with Crippen LogP contribution in [0.3, 0.4) is 0 Å². The largest absolute Gasteiger partial charge is 0.493 e. The number of hydrazone groups is 1. The lowest BCUT2D eigenvalue weighted by Crippen LogP contribution is -2.18. The summed E-state index contributed by atoms with van der Waals surface area (Å²) < 4.78 is 42.1. The molecule has 2 rings (SSSR count). The van der Waals surface area contributed by atoms with Gasteiger partial charge in [0.2, 0.25) is 0 Å². The molecular weight excluding hydrogens is 307 g/mol. The molecule has 0 bridgehead atoms. The predicted octanol–water partition coefficient (Wildman–Crippen LogP) is 2.54. The van der Waals surface area contributed by atoms with Crippen molar-refractivity contribution in [3.8, 4) is 5.75 Å². The Labute approximate surface area is 128 Å². The molecular formula is C15H15FN2O3S. The molecule has 0 unspecified atom stereocenters. The maximum absolute atomic E-state index is 12.8. The second kappa shape index (κ2) is 7.04. The molecule has 0 aliphatic carbocycles. The van der Waals surface area contributed by atoms with Gasteiger partial charge in [-0.05, 0) is 43.3 Å². The Bertz CT molecular complexity index is 759. The summed E-state index contributed by atoms with van der Waals surface area (Å²) in [7, 11) is -3.83. The molecule has 5 nitrogen and oxygen atoms in total. The molecule has 0 amide bonds. The van der Waals surface area contributed by atoms with Gasteiger partial charge in [-0.2, -0.15) is 13.5 Å². The van der Waals surface area contributed by atoms with Crippen molar-refractivity contribution in [2.24, 2.45) is 5.10 Å². The Morgan fingerprint density at radius 1 is 1.18 bits per heavy atom. The minimum atomic E-state index is -3.83. The average molecular weight is 322 g/mol. The number of hydrogen-bond donors (Lipinski definition) is 1. The van der Waals surface area contributed by atoms with Crippen LogP contribution >= 0.6 is 0 Å². The van der Waals surface area contributed by atoms with Crippen LogP contribution in [0.15, 0.2) is 58.5 Å². The van der Waals surface area contributed by atoms with Crippen LogP contribution in [0.25, 0.3) is 0 Å². The quantitative estimate of drug-likeness (QED) is 0.656. The molecule has 0 aliphatic heterocycles. The normalized spacial score (nSPS) is 11.5. The third-order valence-electron chi connectivity index (χ3n) is 2.72. The van der Waals surface area contributed by atoms with E-state index < -0.39 is 15.8 Å². The molecule has 1 N–H and O–H groups in total. The van der Waals surface area contributed by atoms with E-state index in [4.69, 9.17) is 4.74 Å². The number of rotatable bonds is 6. The summed E-state index contributed by atoms with van der Waals surface area (Å²) in [6.07, 6.45) is 1.35. The Balaban J connectivity index is 2.13. The number of nitrogens with one attached hydrogen (secondary N) is 1. The lowest BCUT2D eigenvalue weighted by molar-refractivity contribution is 0.340. The first kappa shape index (κ1) is 16.0. The van der Waals surface area contributed by atoms with Gasteiger partial charge in [-0.3, -0.25) is 0 Å². The fourth-order valence-electron chi connectivity index (χ4n) is 1.71. The Morgan fingerprint density at radius 2 is 1.86 bits per heavy atom. The smallest absolute Gasteiger partial charge is 0.276 e. The van der Waals surface area contributed by atoms with E-state index in [1.165, 1.54) is 18.3 Å². The number of ether oxygens (including phenoxy) is 1. The van der Waals surface area contributed by atoms with Gasteiger partial charge in [0.1, 0.15) is 11.6 Å². The van der Waals surface area contributed by atoms with E-state index >= 15 is 0 Å². The van der Waals surface area contributed by atoms with Crippen LogP contribution in [0.2, 0.25) is 0 Å². The minimum absolute atomic E-state index is 0.0656. The number of halogens is 1. The summed E-state index contributed by atoms with van der Waals surface area (Å²) in [5.74, 6) is 0.0998. The SMILES string of the molecule is CCOc1ccccc1/C=N/NS(=O)(=O)c1ccc(F)cc1. The summed E-state index contributed by atoms with van der Waals surface area (Å²) in [6.45, 7) is 2.34. The van der Waals surface area contributed by atoms with Gasteiger partial charge in [-0.25, -0.2) is 9.22 Å². The third-order valence-corrected chi connectivity index (χ3v) is 3.96. The molecule has 0 radical (unpaired) electrons. The van der Waals surface area contributed by atoms with Gasteiger partial charge in [0.05, 0.1) is 17.7 Å². The fourth-order valence-corrected chi connectivity index (χ4v) is 2.50. The van der Waals surface area contributed by atoms with E-state index in [1.807, 2.05) is 13.0 Å². The van der Waals surface area contributed by atoms with Crippen molar-refractivity contribution in [3.05, 3.63) is 59.9 Å². The van der Waals surface area contributed by atoms with Crippen LogP contribution < -0.4 is 9.57 Å². The highest BCUT2D eigenvalue weighted by Crippen LogP contribution is 2.15. The van der Waals surface area contributed by atoms with Crippen molar-refractivity contribution in [1.29, 1.82) is 0 Å². The van der Waals surface area contributed by atoms with Gasteiger partial charge in [-0.15, -0.1) is 0 Å². The van der Waals surface area contributed by atoms with Crippen molar-refractivity contribution in [2.75, 3.05) is 6.61 Å². The number of benzene rings is 2. The Kier molecular flexibility index (Phi) is 5.11. The van der Waals surface area contributed by atoms with Gasteiger partial charge >= 0.3 is 0 Å². The first-order valence-corrected chi connectivity index (χ1v) is 8.03. The lowest BCUT2D eigenvalue weighted by Gasteiger charge is -2.06. The zero-order valence-electron chi connectivity index (χ0n) is 11.9. The number of para-hydroxylation sites is 1. The highest BCUT2D eigenvalue weighted by molar-refractivity contribution is 7.89. The van der Waals surface area contributed by atoms with Crippen LogP contribution in [-0.2, 0) is 10.0 Å². The first-order valence-electron chi connectivity index (χ1n) is 6.55. The molecule has 0 spiro atoms. The molecule has 0 heterocycles. The highest BCUT2D eigenvalue weighted by Gasteiger charge is 2.12. The van der Waals surface area contributed by atoms with Crippen molar-refractivity contribution in [1.82, 2.24) is 4.83 Å². The molecule has 0 aliphatic rings. The maximum Gasteiger partial charge on any atom is 0.276 e. The van der Waals surface area contributed by atoms with E-state index in [9.17, 15) is 12.8 Å². The number of nitrogens with zero attached hydrogens (tertiary/aromatic N) is 1. The molecule has 2 aromatic rings. The molecule has 2 aromatic carbocycles. The second-order valence-electron chi connectivity index (χ2n) is 4.28. The van der Waals surface area contributed by atoms with Gasteiger partial charge in [-0.1, -0.05) is 12.1 Å². The second-order valence-corrected chi connectivity index (χ2v) is 5.94. The minimum Gasteiger partial charge on any atom is -0.493 e. The summed E-state index contributed by atoms with van der Waals surface area (Å²) in [5.41, 5.74) is 0.645. The molecule has 0 saturated heterocycles. The summed E-state index contributed by atoms with van der Waals surface area (Å²) >= 11 is 0. The van der Waals surface area contributed by atoms with Crippen molar-refractivity contribution < 1.29 is 17.5 Å². The Hall–Kier alpha value is -2.41. The molecule has 0 atom stereocenters. The fraction of sp³-hybridized carbons (Fsp3) is 0.133. The van der Waals surface area contributed by atoms with E-state index in [2.05, 4.69) is 9.93 Å². The van der Waals surface area contributed by atoms with Crippen LogP contribution in [-0.4, -0.2) is 21.2 Å². The van der Waals surface area contributed by atoms with Crippen LogP contribution in [0.4, 0.5) is 4.39 Å². The van der Waals surface area contributed by atoms with E-state index in [-0.39, 0.29) is 4.90 Å². The monoisotopic (exact) mass is 322 g/mol. The first-order chi connectivity index (χ1) is 10.5. The summed E-state index contributed by atoms with van der Waals surface area (Å²) in [6, 6.07) is 11.6. The van der Waals surface area contributed by atoms with Crippen molar-refractivity contribution >= 4 is 16.2 Å². The summed E-state index contributed by atoms with van der Waals surface area (Å²) in [5, 5.41) is 3.72. The molecule has 0 fully saturated rings. The summed E-state index contributed by atoms with van der Waals surface area (Å²) in [4.78, 5) is 2.01.